The number of anilines is 1. The number of rotatable bonds is 2. The van der Waals surface area contributed by atoms with Crippen molar-refractivity contribution in [1.29, 1.82) is 0 Å². The monoisotopic (exact) mass is 209 g/mol. The lowest BCUT2D eigenvalue weighted by Gasteiger charge is -2.20. The molecule has 0 radical (unpaired) electrons. The van der Waals surface area contributed by atoms with E-state index in [1.807, 2.05) is 0 Å². The van der Waals surface area contributed by atoms with Crippen molar-refractivity contribution >= 4 is 5.69 Å². The van der Waals surface area contributed by atoms with Gasteiger partial charge >= 0.3 is 0 Å². The molecule has 0 spiro atoms. The predicted molar refractivity (Wildman–Crippen MR) is 55.8 cm³/mol. The zero-order valence-corrected chi connectivity index (χ0v) is 8.77. The van der Waals surface area contributed by atoms with Crippen molar-refractivity contribution in [3.05, 3.63) is 12.0 Å². The first kappa shape index (κ1) is 10.2. The maximum atomic E-state index is 5.65. The molecule has 2 rings (SSSR count). The number of nitrogens with two attached hydrogens (primary N) is 1. The Hall–Kier alpha value is -1.36. The van der Waals surface area contributed by atoms with Crippen LogP contribution in [-0.2, 0) is 4.74 Å². The van der Waals surface area contributed by atoms with Gasteiger partial charge in [0.05, 0.1) is 13.3 Å². The van der Waals surface area contributed by atoms with Gasteiger partial charge < -0.3 is 15.2 Å². The number of aromatic nitrogens is 2. The summed E-state index contributed by atoms with van der Waals surface area (Å²) in [5.74, 6) is 1.64. The van der Waals surface area contributed by atoms with Gasteiger partial charge in [0.2, 0.25) is 5.88 Å². The second kappa shape index (κ2) is 4.44. The molecule has 0 amide bonds. The summed E-state index contributed by atoms with van der Waals surface area (Å²) in [4.78, 5) is 8.54. The summed E-state index contributed by atoms with van der Waals surface area (Å²) in [5.41, 5.74) is 6.13. The molecule has 5 nitrogen and oxygen atoms in total. The van der Waals surface area contributed by atoms with E-state index in [9.17, 15) is 0 Å². The Labute approximate surface area is 88.6 Å². The van der Waals surface area contributed by atoms with Crippen LogP contribution >= 0.6 is 0 Å². The molecule has 1 aliphatic heterocycles. The van der Waals surface area contributed by atoms with E-state index in [1.165, 1.54) is 0 Å². The minimum absolute atomic E-state index is 0.369. The first-order valence-electron chi connectivity index (χ1n) is 5.05. The van der Waals surface area contributed by atoms with E-state index in [0.717, 1.165) is 31.9 Å². The normalized spacial score (nSPS) is 17.7. The minimum Gasteiger partial charge on any atom is -0.479 e. The zero-order chi connectivity index (χ0) is 10.7. The van der Waals surface area contributed by atoms with E-state index in [4.69, 9.17) is 15.2 Å². The van der Waals surface area contributed by atoms with E-state index >= 15 is 0 Å². The van der Waals surface area contributed by atoms with Crippen molar-refractivity contribution in [3.63, 3.8) is 0 Å². The molecule has 5 heteroatoms. The average molecular weight is 209 g/mol. The van der Waals surface area contributed by atoms with Gasteiger partial charge in [0.1, 0.15) is 11.5 Å². The summed E-state index contributed by atoms with van der Waals surface area (Å²) < 4.78 is 10.4. The molecule has 1 aliphatic rings. The molecule has 2 heterocycles. The van der Waals surface area contributed by atoms with Crippen LogP contribution in [0.2, 0.25) is 0 Å². The van der Waals surface area contributed by atoms with Gasteiger partial charge in [-0.1, -0.05) is 0 Å². The second-order valence-corrected chi connectivity index (χ2v) is 3.58. The van der Waals surface area contributed by atoms with E-state index < -0.39 is 0 Å². The molecule has 0 aliphatic carbocycles. The van der Waals surface area contributed by atoms with Crippen LogP contribution < -0.4 is 10.5 Å². The maximum absolute atomic E-state index is 5.65. The Morgan fingerprint density at radius 3 is 2.87 bits per heavy atom. The van der Waals surface area contributed by atoms with Crippen molar-refractivity contribution in [3.8, 4) is 5.88 Å². The van der Waals surface area contributed by atoms with Crippen molar-refractivity contribution in [2.45, 2.75) is 18.8 Å². The number of methoxy groups -OCH3 is 1. The molecule has 0 atom stereocenters. The summed E-state index contributed by atoms with van der Waals surface area (Å²) in [7, 11) is 1.56. The van der Waals surface area contributed by atoms with Gasteiger partial charge in [-0.25, -0.2) is 4.98 Å². The first-order chi connectivity index (χ1) is 7.31. The lowest BCUT2D eigenvalue weighted by molar-refractivity contribution is 0.0834. The second-order valence-electron chi connectivity index (χ2n) is 3.58. The fourth-order valence-corrected chi connectivity index (χ4v) is 1.70. The SMILES string of the molecule is COc1nc(C2CCOCC2)ncc1N. The molecule has 0 bridgehead atoms. The summed E-state index contributed by atoms with van der Waals surface area (Å²) in [5, 5.41) is 0. The highest BCUT2D eigenvalue weighted by molar-refractivity contribution is 5.45. The van der Waals surface area contributed by atoms with Crippen molar-refractivity contribution in [2.75, 3.05) is 26.1 Å². The minimum atomic E-state index is 0.369. The Balaban J connectivity index is 2.20. The van der Waals surface area contributed by atoms with Gasteiger partial charge in [-0.3, -0.25) is 0 Å². The van der Waals surface area contributed by atoms with Gasteiger partial charge in [-0.2, -0.15) is 4.98 Å². The summed E-state index contributed by atoms with van der Waals surface area (Å²) in [6.45, 7) is 1.56. The van der Waals surface area contributed by atoms with Crippen LogP contribution in [0.1, 0.15) is 24.6 Å². The molecule has 15 heavy (non-hydrogen) atoms. The third kappa shape index (κ3) is 2.18. The standard InChI is InChI=1S/C10H15N3O2/c1-14-10-8(11)6-12-9(13-10)7-2-4-15-5-3-7/h6-7H,2-5,11H2,1H3. The Bertz CT molecular complexity index is 337. The Morgan fingerprint density at radius 2 is 2.20 bits per heavy atom. The third-order valence-electron chi connectivity index (χ3n) is 2.58. The molecule has 0 aromatic carbocycles. The molecule has 1 fully saturated rings. The van der Waals surface area contributed by atoms with E-state index in [-0.39, 0.29) is 0 Å². The van der Waals surface area contributed by atoms with E-state index in [2.05, 4.69) is 9.97 Å². The highest BCUT2D eigenvalue weighted by Crippen LogP contribution is 2.26. The van der Waals surface area contributed by atoms with Crippen LogP contribution in [0.25, 0.3) is 0 Å². The van der Waals surface area contributed by atoms with E-state index in [1.54, 1.807) is 13.3 Å². The summed E-state index contributed by atoms with van der Waals surface area (Å²) in [6, 6.07) is 0. The molecule has 0 unspecified atom stereocenters. The van der Waals surface area contributed by atoms with Crippen LogP contribution in [0.4, 0.5) is 5.69 Å². The Morgan fingerprint density at radius 1 is 1.47 bits per heavy atom. The van der Waals surface area contributed by atoms with Gasteiger partial charge in [0.15, 0.2) is 0 Å². The van der Waals surface area contributed by atoms with Crippen LogP contribution in [0.3, 0.4) is 0 Å². The molecule has 82 valence electrons. The fraction of sp³-hybridized carbons (Fsp3) is 0.600. The highest BCUT2D eigenvalue weighted by atomic mass is 16.5. The number of hydrogen-bond acceptors (Lipinski definition) is 5. The topological polar surface area (TPSA) is 70.3 Å². The van der Waals surface area contributed by atoms with Crippen molar-refractivity contribution in [1.82, 2.24) is 9.97 Å². The van der Waals surface area contributed by atoms with Gasteiger partial charge in [0.25, 0.3) is 0 Å². The zero-order valence-electron chi connectivity index (χ0n) is 8.77. The molecular formula is C10H15N3O2. The number of hydrogen-bond donors (Lipinski definition) is 1. The van der Waals surface area contributed by atoms with E-state index in [0.29, 0.717) is 17.5 Å². The van der Waals surface area contributed by atoms with Crippen LogP contribution in [0.5, 0.6) is 5.88 Å². The lowest BCUT2D eigenvalue weighted by atomic mass is 9.99. The van der Waals surface area contributed by atoms with Crippen LogP contribution in [-0.4, -0.2) is 30.3 Å². The van der Waals surface area contributed by atoms with Crippen LogP contribution in [0, 0.1) is 0 Å². The molecule has 1 saturated heterocycles. The quantitative estimate of drug-likeness (QED) is 0.785. The van der Waals surface area contributed by atoms with Crippen LogP contribution in [0.15, 0.2) is 6.20 Å². The predicted octanol–water partition coefficient (Wildman–Crippen LogP) is 0.961. The highest BCUT2D eigenvalue weighted by Gasteiger charge is 2.19. The maximum Gasteiger partial charge on any atom is 0.240 e. The van der Waals surface area contributed by atoms with Crippen molar-refractivity contribution < 1.29 is 9.47 Å². The first-order valence-corrected chi connectivity index (χ1v) is 5.05. The third-order valence-corrected chi connectivity index (χ3v) is 2.58. The summed E-state index contributed by atoms with van der Waals surface area (Å²) in [6.07, 6.45) is 3.54. The lowest BCUT2D eigenvalue weighted by Crippen LogP contribution is -2.16. The smallest absolute Gasteiger partial charge is 0.240 e. The number of nitrogen functional groups attached to an aromatic ring is 1. The molecule has 1 aromatic rings. The van der Waals surface area contributed by atoms with Gasteiger partial charge in [-0.05, 0) is 12.8 Å². The van der Waals surface area contributed by atoms with Gasteiger partial charge in [0, 0.05) is 19.1 Å². The Kier molecular flexibility index (Phi) is 3.01. The van der Waals surface area contributed by atoms with Gasteiger partial charge in [-0.15, -0.1) is 0 Å². The molecular weight excluding hydrogens is 194 g/mol. The number of ether oxygens (including phenoxy) is 2. The largest absolute Gasteiger partial charge is 0.479 e. The summed E-state index contributed by atoms with van der Waals surface area (Å²) >= 11 is 0. The fourth-order valence-electron chi connectivity index (χ4n) is 1.70. The van der Waals surface area contributed by atoms with Crippen molar-refractivity contribution in [2.24, 2.45) is 0 Å². The average Bonchev–Trinajstić information content (AvgIpc) is 2.31. The molecule has 1 aromatic heterocycles. The number of nitrogens with zero attached hydrogens (tertiary/aromatic N) is 2. The molecule has 2 N–H and O–H groups in total. The molecule has 0 saturated carbocycles.